The van der Waals surface area contributed by atoms with Gasteiger partial charge in [-0.15, -0.1) is 12.4 Å². The van der Waals surface area contributed by atoms with Crippen LogP contribution < -0.4 is 11.5 Å². The van der Waals surface area contributed by atoms with Gasteiger partial charge in [-0.25, -0.2) is 0 Å². The van der Waals surface area contributed by atoms with E-state index >= 15 is 0 Å². The van der Waals surface area contributed by atoms with Gasteiger partial charge in [0.2, 0.25) is 0 Å². The lowest BCUT2D eigenvalue weighted by molar-refractivity contribution is 0.200. The number of nitrogen functional groups attached to an aromatic ring is 2. The van der Waals surface area contributed by atoms with Crippen LogP contribution in [-0.2, 0) is 0 Å². The number of halogens is 1. The first-order valence-corrected chi connectivity index (χ1v) is 3.44. The molecule has 1 aromatic rings. The van der Waals surface area contributed by atoms with Crippen LogP contribution >= 0.6 is 12.4 Å². The molecule has 0 amide bonds. The van der Waals surface area contributed by atoms with E-state index in [1.165, 1.54) is 0 Å². The summed E-state index contributed by atoms with van der Waals surface area (Å²) in [4.78, 5) is 0. The maximum absolute atomic E-state index is 9.19. The Morgan fingerprint density at radius 2 is 1.92 bits per heavy atom. The molecule has 0 aromatic heterocycles. The van der Waals surface area contributed by atoms with Crippen molar-refractivity contribution in [1.29, 1.82) is 0 Å². The number of aliphatic hydroxyl groups is 1. The van der Waals surface area contributed by atoms with E-state index in [0.717, 1.165) is 0 Å². The largest absolute Gasteiger partial charge is 0.399 e. The summed E-state index contributed by atoms with van der Waals surface area (Å²) in [7, 11) is 0. The van der Waals surface area contributed by atoms with Gasteiger partial charge in [-0.1, -0.05) is 0 Å². The Labute approximate surface area is 77.8 Å². The fourth-order valence-corrected chi connectivity index (χ4v) is 0.955. The van der Waals surface area contributed by atoms with Crippen LogP contribution in [0.2, 0.25) is 0 Å². The van der Waals surface area contributed by atoms with Crippen LogP contribution in [0, 0.1) is 0 Å². The summed E-state index contributed by atoms with van der Waals surface area (Å²) in [6.07, 6.45) is -0.557. The van der Waals surface area contributed by atoms with Gasteiger partial charge >= 0.3 is 0 Å². The minimum absolute atomic E-state index is 0. The van der Waals surface area contributed by atoms with Crippen LogP contribution in [0.3, 0.4) is 0 Å². The van der Waals surface area contributed by atoms with Crippen molar-refractivity contribution in [3.63, 3.8) is 0 Å². The second kappa shape index (κ2) is 4.18. The van der Waals surface area contributed by atoms with Crippen LogP contribution in [-0.4, -0.2) is 5.11 Å². The minimum Gasteiger partial charge on any atom is -0.399 e. The fraction of sp³-hybridized carbons (Fsp3) is 0.250. The Balaban J connectivity index is 0.00000121. The highest BCUT2D eigenvalue weighted by atomic mass is 35.5. The molecule has 0 saturated heterocycles. The van der Waals surface area contributed by atoms with Gasteiger partial charge in [-0.2, -0.15) is 0 Å². The number of hydrogen-bond donors (Lipinski definition) is 3. The molecule has 0 aliphatic heterocycles. The molecule has 1 aromatic carbocycles. The van der Waals surface area contributed by atoms with Crippen molar-refractivity contribution in [2.75, 3.05) is 11.5 Å². The van der Waals surface area contributed by atoms with Gasteiger partial charge in [-0.3, -0.25) is 0 Å². The molecule has 0 aliphatic rings. The molecule has 1 rings (SSSR count). The highest BCUT2D eigenvalue weighted by Gasteiger charge is 2.04. The lowest BCUT2D eigenvalue weighted by Crippen LogP contribution is -1.99. The number of anilines is 2. The van der Waals surface area contributed by atoms with Gasteiger partial charge in [0.15, 0.2) is 0 Å². The van der Waals surface area contributed by atoms with Gasteiger partial charge in [0, 0.05) is 16.9 Å². The Hall–Kier alpha value is -0.930. The summed E-state index contributed by atoms with van der Waals surface area (Å²) in [5, 5.41) is 9.19. The number of nitrogens with two attached hydrogens (primary N) is 2. The average molecular weight is 189 g/mol. The molecular weight excluding hydrogens is 176 g/mol. The zero-order valence-corrected chi connectivity index (χ0v) is 7.64. The molecule has 5 N–H and O–H groups in total. The topological polar surface area (TPSA) is 72.3 Å². The Kier molecular flexibility index (Phi) is 3.86. The monoisotopic (exact) mass is 188 g/mol. The Morgan fingerprint density at radius 3 is 2.33 bits per heavy atom. The van der Waals surface area contributed by atoms with Crippen molar-refractivity contribution < 1.29 is 5.11 Å². The van der Waals surface area contributed by atoms with E-state index < -0.39 is 6.10 Å². The molecule has 0 heterocycles. The lowest BCUT2D eigenvalue weighted by atomic mass is 10.1. The third kappa shape index (κ3) is 2.29. The molecule has 0 spiro atoms. The number of hydrogen-bond acceptors (Lipinski definition) is 3. The standard InChI is InChI=1S/C8H12N2O.ClH/c1-5(11)7-4-6(9)2-3-8(7)10;/h2-5,11H,9-10H2,1H3;1H. The van der Waals surface area contributed by atoms with Crippen LogP contribution in [0.4, 0.5) is 11.4 Å². The molecule has 0 bridgehead atoms. The molecular formula is C8H13ClN2O. The van der Waals surface area contributed by atoms with Crippen molar-refractivity contribution in [3.05, 3.63) is 23.8 Å². The summed E-state index contributed by atoms with van der Waals surface area (Å²) >= 11 is 0. The Bertz CT molecular complexity index is 263. The molecule has 4 heteroatoms. The molecule has 68 valence electrons. The van der Waals surface area contributed by atoms with E-state index in [4.69, 9.17) is 11.5 Å². The summed E-state index contributed by atoms with van der Waals surface area (Å²) in [5.41, 5.74) is 13.0. The van der Waals surface area contributed by atoms with Crippen LogP contribution in [0.25, 0.3) is 0 Å². The number of benzene rings is 1. The average Bonchev–Trinajstić information content (AvgIpc) is 1.94. The summed E-state index contributed by atoms with van der Waals surface area (Å²) < 4.78 is 0. The van der Waals surface area contributed by atoms with Crippen LogP contribution in [0.5, 0.6) is 0 Å². The highest BCUT2D eigenvalue weighted by molar-refractivity contribution is 5.85. The predicted octanol–water partition coefficient (Wildman–Crippen LogP) is 1.33. The first-order valence-electron chi connectivity index (χ1n) is 3.44. The van der Waals surface area contributed by atoms with Crippen molar-refractivity contribution in [2.45, 2.75) is 13.0 Å². The molecule has 0 fully saturated rings. The predicted molar refractivity (Wildman–Crippen MR) is 53.1 cm³/mol. The van der Waals surface area contributed by atoms with Crippen molar-refractivity contribution in [2.24, 2.45) is 0 Å². The molecule has 0 saturated carbocycles. The van der Waals surface area contributed by atoms with Gasteiger partial charge in [0.05, 0.1) is 6.10 Å². The smallest absolute Gasteiger partial charge is 0.0782 e. The van der Waals surface area contributed by atoms with Gasteiger partial charge in [0.25, 0.3) is 0 Å². The highest BCUT2D eigenvalue weighted by Crippen LogP contribution is 2.21. The van der Waals surface area contributed by atoms with E-state index in [9.17, 15) is 5.11 Å². The van der Waals surface area contributed by atoms with Gasteiger partial charge in [-0.05, 0) is 25.1 Å². The summed E-state index contributed by atoms with van der Waals surface area (Å²) in [6.45, 7) is 1.66. The van der Waals surface area contributed by atoms with Crippen molar-refractivity contribution in [3.8, 4) is 0 Å². The summed E-state index contributed by atoms with van der Waals surface area (Å²) in [6, 6.07) is 5.08. The fourth-order valence-electron chi connectivity index (χ4n) is 0.955. The lowest BCUT2D eigenvalue weighted by Gasteiger charge is -2.08. The molecule has 12 heavy (non-hydrogen) atoms. The van der Waals surface area contributed by atoms with E-state index in [2.05, 4.69) is 0 Å². The second-order valence-corrected chi connectivity index (χ2v) is 2.56. The van der Waals surface area contributed by atoms with E-state index in [0.29, 0.717) is 16.9 Å². The molecule has 3 nitrogen and oxygen atoms in total. The first kappa shape index (κ1) is 11.1. The molecule has 0 radical (unpaired) electrons. The number of rotatable bonds is 1. The van der Waals surface area contributed by atoms with Gasteiger partial charge < -0.3 is 16.6 Å². The third-order valence-electron chi connectivity index (χ3n) is 1.56. The number of aliphatic hydroxyl groups excluding tert-OH is 1. The third-order valence-corrected chi connectivity index (χ3v) is 1.56. The maximum Gasteiger partial charge on any atom is 0.0782 e. The maximum atomic E-state index is 9.19. The van der Waals surface area contributed by atoms with Gasteiger partial charge in [0.1, 0.15) is 0 Å². The molecule has 0 aliphatic carbocycles. The van der Waals surface area contributed by atoms with E-state index in [-0.39, 0.29) is 12.4 Å². The zero-order valence-electron chi connectivity index (χ0n) is 6.82. The van der Waals surface area contributed by atoms with Crippen LogP contribution in [0.1, 0.15) is 18.6 Å². The normalized spacial score (nSPS) is 11.8. The molecule has 1 atom stereocenters. The van der Waals surface area contributed by atoms with Crippen LogP contribution in [0.15, 0.2) is 18.2 Å². The second-order valence-electron chi connectivity index (χ2n) is 2.56. The van der Waals surface area contributed by atoms with E-state index in [1.807, 2.05) is 0 Å². The first-order chi connectivity index (χ1) is 5.11. The quantitative estimate of drug-likeness (QED) is 0.583. The van der Waals surface area contributed by atoms with E-state index in [1.54, 1.807) is 25.1 Å². The SMILES string of the molecule is CC(O)c1cc(N)ccc1N.Cl. The Morgan fingerprint density at radius 1 is 1.33 bits per heavy atom. The van der Waals surface area contributed by atoms with Crippen molar-refractivity contribution in [1.82, 2.24) is 0 Å². The van der Waals surface area contributed by atoms with Crippen molar-refractivity contribution >= 4 is 23.8 Å². The molecule has 1 unspecified atom stereocenters. The zero-order chi connectivity index (χ0) is 8.43. The minimum atomic E-state index is -0.557. The summed E-state index contributed by atoms with van der Waals surface area (Å²) in [5.74, 6) is 0.